The van der Waals surface area contributed by atoms with Gasteiger partial charge in [0.05, 0.1) is 36.8 Å². The van der Waals surface area contributed by atoms with Crippen LogP contribution >= 0.6 is 0 Å². The Morgan fingerprint density at radius 2 is 1.68 bits per heavy atom. The fourth-order valence-corrected chi connectivity index (χ4v) is 6.00. The van der Waals surface area contributed by atoms with Crippen molar-refractivity contribution in [2.75, 3.05) is 50.8 Å². The summed E-state index contributed by atoms with van der Waals surface area (Å²) in [6.07, 6.45) is 1.96. The Bertz CT molecular complexity index is 1620. The SMILES string of the molecule is C[C@@H]1CCCCO[C@@H](CN(C)C(=O)Nc2ccc3c(c2)OCO3)[C@@H](C)CN([C@H](C)CO)C(=O)c2cc(NC(=O)Cc3ccccc3)ccc2O1. The second-order valence-corrected chi connectivity index (χ2v) is 13.1. The molecule has 5 rings (SSSR count). The molecule has 0 unspecified atom stereocenters. The molecule has 268 valence electrons. The monoisotopic (exact) mass is 688 g/mol. The quantitative estimate of drug-likeness (QED) is 0.280. The van der Waals surface area contributed by atoms with Crippen LogP contribution in [0.5, 0.6) is 17.2 Å². The van der Waals surface area contributed by atoms with E-state index in [2.05, 4.69) is 10.6 Å². The predicted molar refractivity (Wildman–Crippen MR) is 190 cm³/mol. The third kappa shape index (κ3) is 9.66. The average Bonchev–Trinajstić information content (AvgIpc) is 3.58. The molecule has 2 aliphatic rings. The Hall–Kier alpha value is -4.81. The van der Waals surface area contributed by atoms with E-state index in [0.29, 0.717) is 35.2 Å². The molecular weight excluding hydrogens is 640 g/mol. The summed E-state index contributed by atoms with van der Waals surface area (Å²) in [6.45, 7) is 6.58. The molecule has 0 saturated heterocycles. The van der Waals surface area contributed by atoms with Gasteiger partial charge in [-0.15, -0.1) is 0 Å². The van der Waals surface area contributed by atoms with Crippen molar-refractivity contribution in [2.45, 2.75) is 64.7 Å². The molecule has 0 aliphatic carbocycles. The number of amides is 4. The number of anilines is 2. The lowest BCUT2D eigenvalue weighted by Crippen LogP contribution is -2.48. The minimum Gasteiger partial charge on any atom is -0.490 e. The molecule has 3 aromatic rings. The number of aliphatic hydroxyl groups is 1. The number of rotatable bonds is 8. The summed E-state index contributed by atoms with van der Waals surface area (Å²) in [6, 6.07) is 18.9. The van der Waals surface area contributed by atoms with Crippen molar-refractivity contribution in [3.05, 3.63) is 77.9 Å². The van der Waals surface area contributed by atoms with E-state index in [1.807, 2.05) is 44.2 Å². The number of nitrogens with zero attached hydrogens (tertiary/aromatic N) is 2. The first-order valence-corrected chi connectivity index (χ1v) is 17.2. The van der Waals surface area contributed by atoms with Crippen LogP contribution in [0.4, 0.5) is 16.2 Å². The van der Waals surface area contributed by atoms with Gasteiger partial charge in [0.15, 0.2) is 11.5 Å². The first-order valence-electron chi connectivity index (χ1n) is 17.2. The zero-order chi connectivity index (χ0) is 35.6. The van der Waals surface area contributed by atoms with E-state index in [1.165, 1.54) is 0 Å². The number of hydrogen-bond donors (Lipinski definition) is 3. The predicted octanol–water partition coefficient (Wildman–Crippen LogP) is 5.56. The molecule has 12 heteroatoms. The summed E-state index contributed by atoms with van der Waals surface area (Å²) in [5.74, 6) is 0.829. The van der Waals surface area contributed by atoms with Crippen molar-refractivity contribution in [3.8, 4) is 17.2 Å². The molecule has 2 aliphatic heterocycles. The van der Waals surface area contributed by atoms with Crippen LogP contribution in [-0.4, -0.2) is 91.1 Å². The zero-order valence-electron chi connectivity index (χ0n) is 29.2. The number of hydrogen-bond acceptors (Lipinski definition) is 8. The molecule has 12 nitrogen and oxygen atoms in total. The smallest absolute Gasteiger partial charge is 0.321 e. The van der Waals surface area contributed by atoms with Gasteiger partial charge in [0.25, 0.3) is 5.91 Å². The van der Waals surface area contributed by atoms with Crippen molar-refractivity contribution in [3.63, 3.8) is 0 Å². The van der Waals surface area contributed by atoms with Gasteiger partial charge in [0, 0.05) is 50.1 Å². The Morgan fingerprint density at radius 3 is 2.44 bits per heavy atom. The summed E-state index contributed by atoms with van der Waals surface area (Å²) in [5.41, 5.74) is 2.21. The first-order chi connectivity index (χ1) is 24.1. The van der Waals surface area contributed by atoms with Crippen LogP contribution in [0.25, 0.3) is 0 Å². The molecule has 4 amide bonds. The Kier molecular flexibility index (Phi) is 12.6. The first kappa shape index (κ1) is 36.5. The maximum absolute atomic E-state index is 14.4. The molecule has 4 atom stereocenters. The Labute approximate surface area is 293 Å². The fraction of sp³-hybridized carbons (Fsp3) is 0.447. The summed E-state index contributed by atoms with van der Waals surface area (Å²) in [4.78, 5) is 43.7. The van der Waals surface area contributed by atoms with Crippen LogP contribution in [0.3, 0.4) is 0 Å². The Balaban J connectivity index is 1.35. The van der Waals surface area contributed by atoms with Crippen molar-refractivity contribution in [1.82, 2.24) is 9.80 Å². The van der Waals surface area contributed by atoms with E-state index in [1.54, 1.807) is 60.2 Å². The maximum atomic E-state index is 14.4. The van der Waals surface area contributed by atoms with E-state index < -0.39 is 12.1 Å². The molecular formula is C38H48N4O8. The molecule has 0 aromatic heterocycles. The van der Waals surface area contributed by atoms with Crippen molar-refractivity contribution >= 4 is 29.2 Å². The standard InChI is InChI=1S/C38H48N4O8/c1-25-21-42(26(2)23-43)37(45)31-19-29(39-36(44)18-28-11-6-5-7-12-28)13-15-32(31)50-27(3)10-8-9-17-47-35(25)22-41(4)38(46)40-30-14-16-33-34(20-30)49-24-48-33/h5-7,11-16,19-20,25-27,35,43H,8-10,17-18,21-24H2,1-4H3,(H,39,44)(H,40,46)/t25-,26+,27+,35-/m0/s1. The van der Waals surface area contributed by atoms with Crippen LogP contribution < -0.4 is 24.8 Å². The number of carbonyl (C=O) groups is 3. The van der Waals surface area contributed by atoms with Crippen LogP contribution in [0.15, 0.2) is 66.7 Å². The lowest BCUT2D eigenvalue weighted by atomic mass is 10.0. The highest BCUT2D eigenvalue weighted by Crippen LogP contribution is 2.34. The summed E-state index contributed by atoms with van der Waals surface area (Å²) < 4.78 is 23.5. The maximum Gasteiger partial charge on any atom is 0.321 e. The van der Waals surface area contributed by atoms with Gasteiger partial charge in [-0.25, -0.2) is 4.79 Å². The largest absolute Gasteiger partial charge is 0.490 e. The number of nitrogens with one attached hydrogen (secondary N) is 2. The number of benzene rings is 3. The highest BCUT2D eigenvalue weighted by molar-refractivity contribution is 6.00. The van der Waals surface area contributed by atoms with Gasteiger partial charge in [-0.1, -0.05) is 37.3 Å². The van der Waals surface area contributed by atoms with Crippen molar-refractivity contribution in [2.24, 2.45) is 5.92 Å². The fourth-order valence-electron chi connectivity index (χ4n) is 6.00. The summed E-state index contributed by atoms with van der Waals surface area (Å²) in [7, 11) is 1.70. The molecule has 3 N–H and O–H groups in total. The summed E-state index contributed by atoms with van der Waals surface area (Å²) in [5, 5.41) is 16.1. The van der Waals surface area contributed by atoms with E-state index in [0.717, 1.165) is 24.8 Å². The van der Waals surface area contributed by atoms with Crippen LogP contribution in [0.1, 0.15) is 56.0 Å². The molecule has 0 fully saturated rings. The number of carbonyl (C=O) groups excluding carboxylic acids is 3. The van der Waals surface area contributed by atoms with Crippen molar-refractivity contribution < 1.29 is 38.4 Å². The number of fused-ring (bicyclic) bond motifs is 2. The average molecular weight is 689 g/mol. The van der Waals surface area contributed by atoms with E-state index >= 15 is 0 Å². The second kappa shape index (κ2) is 17.2. The van der Waals surface area contributed by atoms with Gasteiger partial charge in [-0.2, -0.15) is 0 Å². The third-order valence-corrected chi connectivity index (χ3v) is 8.97. The topological polar surface area (TPSA) is 139 Å². The molecule has 2 heterocycles. The second-order valence-electron chi connectivity index (χ2n) is 13.1. The van der Waals surface area contributed by atoms with Crippen LogP contribution in [0, 0.1) is 5.92 Å². The van der Waals surface area contributed by atoms with Gasteiger partial charge >= 0.3 is 6.03 Å². The minimum atomic E-state index is -0.535. The molecule has 50 heavy (non-hydrogen) atoms. The van der Waals surface area contributed by atoms with Gasteiger partial charge in [-0.05, 0) is 69.0 Å². The number of ether oxygens (including phenoxy) is 4. The molecule has 0 spiro atoms. The summed E-state index contributed by atoms with van der Waals surface area (Å²) >= 11 is 0. The Morgan fingerprint density at radius 1 is 0.960 bits per heavy atom. The normalized spacial score (nSPS) is 20.1. The zero-order valence-corrected chi connectivity index (χ0v) is 29.2. The lowest BCUT2D eigenvalue weighted by Gasteiger charge is -2.35. The van der Waals surface area contributed by atoms with Crippen LogP contribution in [-0.2, 0) is 16.0 Å². The third-order valence-electron chi connectivity index (χ3n) is 8.97. The van der Waals surface area contributed by atoms with E-state index in [4.69, 9.17) is 18.9 Å². The van der Waals surface area contributed by atoms with Gasteiger partial charge in [-0.3, -0.25) is 9.59 Å². The highest BCUT2D eigenvalue weighted by Gasteiger charge is 2.31. The molecule has 0 saturated carbocycles. The molecule has 3 aromatic carbocycles. The molecule has 0 bridgehead atoms. The van der Waals surface area contributed by atoms with Gasteiger partial charge < -0.3 is 44.5 Å². The number of aliphatic hydroxyl groups excluding tert-OH is 1. The highest BCUT2D eigenvalue weighted by atomic mass is 16.7. The lowest BCUT2D eigenvalue weighted by molar-refractivity contribution is -0.115. The molecule has 0 radical (unpaired) electrons. The van der Waals surface area contributed by atoms with Gasteiger partial charge in [0.2, 0.25) is 12.7 Å². The van der Waals surface area contributed by atoms with E-state index in [-0.39, 0.29) is 68.3 Å². The van der Waals surface area contributed by atoms with Crippen molar-refractivity contribution in [1.29, 1.82) is 0 Å². The van der Waals surface area contributed by atoms with E-state index in [9.17, 15) is 19.5 Å². The number of likely N-dealkylation sites (N-methyl/N-ethyl adjacent to an activating group) is 1. The van der Waals surface area contributed by atoms with Crippen LogP contribution in [0.2, 0.25) is 0 Å². The number of urea groups is 1. The minimum absolute atomic E-state index is 0.141. The van der Waals surface area contributed by atoms with Gasteiger partial charge in [0.1, 0.15) is 5.75 Å².